The van der Waals surface area contributed by atoms with Crippen LogP contribution in [-0.2, 0) is 4.79 Å². The van der Waals surface area contributed by atoms with Gasteiger partial charge in [-0.15, -0.1) is 0 Å². The maximum atomic E-state index is 13.7. The highest BCUT2D eigenvalue weighted by molar-refractivity contribution is 5.94. The molecule has 0 aliphatic carbocycles. The quantitative estimate of drug-likeness (QED) is 0.861. The summed E-state index contributed by atoms with van der Waals surface area (Å²) < 4.78 is 18.8. The Hall–Kier alpha value is -1.62. The lowest BCUT2D eigenvalue weighted by Gasteiger charge is -2.22. The molecule has 4 nitrogen and oxygen atoms in total. The number of aliphatic hydroxyl groups excluding tert-OH is 1. The van der Waals surface area contributed by atoms with Crippen LogP contribution in [-0.4, -0.2) is 31.3 Å². The van der Waals surface area contributed by atoms with Crippen molar-refractivity contribution in [2.24, 2.45) is 5.92 Å². The van der Waals surface area contributed by atoms with Crippen LogP contribution in [0.1, 0.15) is 20.3 Å². The van der Waals surface area contributed by atoms with Gasteiger partial charge in [-0.1, -0.05) is 6.92 Å². The monoisotopic (exact) mass is 269 g/mol. The Bertz CT molecular complexity index is 433. The minimum Gasteiger partial charge on any atom is -0.491 e. The van der Waals surface area contributed by atoms with Crippen LogP contribution in [0.4, 0.5) is 10.1 Å². The largest absolute Gasteiger partial charge is 0.491 e. The van der Waals surface area contributed by atoms with Crippen LogP contribution in [0.5, 0.6) is 5.75 Å². The van der Waals surface area contributed by atoms with Gasteiger partial charge in [-0.05, 0) is 25.5 Å². The molecule has 0 saturated heterocycles. The number of carbonyl (C=O) groups is 1. The van der Waals surface area contributed by atoms with E-state index in [9.17, 15) is 9.18 Å². The maximum absolute atomic E-state index is 13.7. The van der Waals surface area contributed by atoms with E-state index in [-0.39, 0.29) is 18.3 Å². The smallest absolute Gasteiger partial charge is 0.232 e. The molecule has 1 N–H and O–H groups in total. The van der Waals surface area contributed by atoms with E-state index in [4.69, 9.17) is 9.84 Å². The molecule has 0 aliphatic rings. The SMILES string of the molecule is CCOc1ccc(N(C)C(=O)C(CC)CO)cc1F. The Kier molecular flexibility index (Phi) is 5.76. The molecule has 0 bridgehead atoms. The average molecular weight is 269 g/mol. The highest BCUT2D eigenvalue weighted by Crippen LogP contribution is 2.24. The number of nitrogens with zero attached hydrogens (tertiary/aromatic N) is 1. The van der Waals surface area contributed by atoms with Gasteiger partial charge in [0.2, 0.25) is 5.91 Å². The molecule has 1 aromatic rings. The first-order valence-electron chi connectivity index (χ1n) is 6.35. The van der Waals surface area contributed by atoms with Crippen molar-refractivity contribution >= 4 is 11.6 Å². The first kappa shape index (κ1) is 15.4. The number of amides is 1. The van der Waals surface area contributed by atoms with Gasteiger partial charge >= 0.3 is 0 Å². The Morgan fingerprint density at radius 1 is 1.47 bits per heavy atom. The van der Waals surface area contributed by atoms with Gasteiger partial charge in [0.1, 0.15) is 0 Å². The summed E-state index contributed by atoms with van der Waals surface area (Å²) in [5, 5.41) is 9.12. The van der Waals surface area contributed by atoms with Crippen LogP contribution in [0.2, 0.25) is 0 Å². The van der Waals surface area contributed by atoms with Crippen molar-refractivity contribution in [1.82, 2.24) is 0 Å². The zero-order valence-corrected chi connectivity index (χ0v) is 11.5. The van der Waals surface area contributed by atoms with E-state index < -0.39 is 11.7 Å². The van der Waals surface area contributed by atoms with E-state index in [0.29, 0.717) is 18.7 Å². The van der Waals surface area contributed by atoms with E-state index in [1.807, 2.05) is 6.92 Å². The van der Waals surface area contributed by atoms with Crippen LogP contribution in [0.15, 0.2) is 18.2 Å². The number of halogens is 1. The Morgan fingerprint density at radius 2 is 2.16 bits per heavy atom. The number of carbonyl (C=O) groups excluding carboxylic acids is 1. The fourth-order valence-corrected chi connectivity index (χ4v) is 1.75. The van der Waals surface area contributed by atoms with E-state index in [2.05, 4.69) is 0 Å². The van der Waals surface area contributed by atoms with E-state index in [0.717, 1.165) is 0 Å². The fraction of sp³-hybridized carbons (Fsp3) is 0.500. The van der Waals surface area contributed by atoms with Gasteiger partial charge in [-0.3, -0.25) is 4.79 Å². The minimum absolute atomic E-state index is 0.168. The highest BCUT2D eigenvalue weighted by Gasteiger charge is 2.21. The first-order chi connectivity index (χ1) is 9.04. The molecule has 0 saturated carbocycles. The molecular formula is C14H20FNO3. The number of benzene rings is 1. The summed E-state index contributed by atoms with van der Waals surface area (Å²) in [6.07, 6.45) is 0.541. The first-order valence-corrected chi connectivity index (χ1v) is 6.35. The summed E-state index contributed by atoms with van der Waals surface area (Å²) >= 11 is 0. The third-order valence-electron chi connectivity index (χ3n) is 3.00. The van der Waals surface area contributed by atoms with Crippen LogP contribution >= 0.6 is 0 Å². The number of hydrogen-bond donors (Lipinski definition) is 1. The lowest BCUT2D eigenvalue weighted by molar-refractivity contribution is -0.123. The Labute approximate surface area is 112 Å². The third-order valence-corrected chi connectivity index (χ3v) is 3.00. The molecular weight excluding hydrogens is 249 g/mol. The molecule has 1 unspecified atom stereocenters. The molecule has 1 rings (SSSR count). The zero-order valence-electron chi connectivity index (χ0n) is 11.5. The molecule has 106 valence electrons. The van der Waals surface area contributed by atoms with Crippen molar-refractivity contribution in [3.8, 4) is 5.75 Å². The molecule has 19 heavy (non-hydrogen) atoms. The minimum atomic E-state index is -0.504. The van der Waals surface area contributed by atoms with Crippen molar-refractivity contribution in [3.63, 3.8) is 0 Å². The molecule has 0 fully saturated rings. The van der Waals surface area contributed by atoms with Gasteiger partial charge in [-0.2, -0.15) is 0 Å². The van der Waals surface area contributed by atoms with E-state index in [1.54, 1.807) is 20.0 Å². The number of aliphatic hydroxyl groups is 1. The van der Waals surface area contributed by atoms with Gasteiger partial charge in [0.15, 0.2) is 11.6 Å². The summed E-state index contributed by atoms with van der Waals surface area (Å²) in [5.74, 6) is -1.02. The predicted molar refractivity (Wildman–Crippen MR) is 71.8 cm³/mol. The molecule has 0 aliphatic heterocycles. The molecule has 0 spiro atoms. The van der Waals surface area contributed by atoms with E-state index in [1.165, 1.54) is 17.0 Å². The van der Waals surface area contributed by atoms with Gasteiger partial charge in [0.05, 0.1) is 19.1 Å². The lowest BCUT2D eigenvalue weighted by atomic mass is 10.1. The molecule has 1 amide bonds. The van der Waals surface area contributed by atoms with Crippen LogP contribution in [0.3, 0.4) is 0 Å². The number of rotatable bonds is 6. The van der Waals surface area contributed by atoms with Crippen molar-refractivity contribution in [1.29, 1.82) is 0 Å². The Balaban J connectivity index is 2.91. The van der Waals surface area contributed by atoms with Gasteiger partial charge in [0.25, 0.3) is 0 Å². The van der Waals surface area contributed by atoms with Crippen LogP contribution in [0, 0.1) is 11.7 Å². The topological polar surface area (TPSA) is 49.8 Å². The van der Waals surface area contributed by atoms with E-state index >= 15 is 0 Å². The summed E-state index contributed by atoms with van der Waals surface area (Å²) in [6.45, 7) is 3.77. The van der Waals surface area contributed by atoms with Crippen molar-refractivity contribution in [3.05, 3.63) is 24.0 Å². The summed E-state index contributed by atoms with van der Waals surface area (Å²) in [6, 6.07) is 4.38. The van der Waals surface area contributed by atoms with Crippen molar-refractivity contribution in [2.45, 2.75) is 20.3 Å². The normalized spacial score (nSPS) is 12.1. The van der Waals surface area contributed by atoms with Gasteiger partial charge in [0, 0.05) is 18.8 Å². The third kappa shape index (κ3) is 3.67. The predicted octanol–water partition coefficient (Wildman–Crippen LogP) is 2.21. The second kappa shape index (κ2) is 7.09. The van der Waals surface area contributed by atoms with Gasteiger partial charge < -0.3 is 14.7 Å². The van der Waals surface area contributed by atoms with Gasteiger partial charge in [-0.25, -0.2) is 4.39 Å². The average Bonchev–Trinajstić information content (AvgIpc) is 2.41. The summed E-state index contributed by atoms with van der Waals surface area (Å²) in [4.78, 5) is 13.4. The fourth-order valence-electron chi connectivity index (χ4n) is 1.75. The van der Waals surface area contributed by atoms with Crippen molar-refractivity contribution < 1.29 is 19.0 Å². The maximum Gasteiger partial charge on any atom is 0.232 e. The number of ether oxygens (including phenoxy) is 1. The molecule has 0 aromatic heterocycles. The van der Waals surface area contributed by atoms with Crippen LogP contribution in [0.25, 0.3) is 0 Å². The Morgan fingerprint density at radius 3 is 2.63 bits per heavy atom. The zero-order chi connectivity index (χ0) is 14.4. The second-order valence-corrected chi connectivity index (χ2v) is 4.23. The number of anilines is 1. The molecule has 1 aromatic carbocycles. The number of hydrogen-bond acceptors (Lipinski definition) is 3. The lowest BCUT2D eigenvalue weighted by Crippen LogP contribution is -2.34. The molecule has 0 heterocycles. The van der Waals surface area contributed by atoms with Crippen molar-refractivity contribution in [2.75, 3.05) is 25.2 Å². The highest BCUT2D eigenvalue weighted by atomic mass is 19.1. The second-order valence-electron chi connectivity index (χ2n) is 4.23. The molecule has 0 radical (unpaired) electrons. The summed E-state index contributed by atoms with van der Waals surface area (Å²) in [7, 11) is 1.57. The molecule has 5 heteroatoms. The standard InChI is InChI=1S/C14H20FNO3/c1-4-10(9-17)14(18)16(3)11-6-7-13(19-5-2)12(15)8-11/h6-8,10,17H,4-5,9H2,1-3H3. The summed E-state index contributed by atoms with van der Waals surface area (Å²) in [5.41, 5.74) is 0.442. The van der Waals surface area contributed by atoms with Crippen LogP contribution < -0.4 is 9.64 Å². The molecule has 1 atom stereocenters.